The minimum absolute atomic E-state index is 0.0140. The summed E-state index contributed by atoms with van der Waals surface area (Å²) in [5.41, 5.74) is 0. The molecule has 0 aliphatic carbocycles. The van der Waals surface area contributed by atoms with E-state index in [9.17, 15) is 26.4 Å². The van der Waals surface area contributed by atoms with Gasteiger partial charge in [0, 0.05) is 13.0 Å². The first-order valence-electron chi connectivity index (χ1n) is 5.10. The summed E-state index contributed by atoms with van der Waals surface area (Å²) < 4.78 is 63.9. The third-order valence-corrected chi connectivity index (χ3v) is 3.63. The Morgan fingerprint density at radius 2 is 1.84 bits per heavy atom. The monoisotopic (exact) mass is 297 g/mol. The molecule has 0 radical (unpaired) electrons. The molecule has 0 atom stereocenters. The normalized spacial score (nSPS) is 11.5. The van der Waals surface area contributed by atoms with Gasteiger partial charge in [0.2, 0.25) is 10.0 Å². The van der Waals surface area contributed by atoms with Crippen molar-refractivity contribution in [2.24, 2.45) is 0 Å². The number of sulfonamides is 1. The molecule has 106 valence electrons. The highest BCUT2D eigenvalue weighted by Crippen LogP contribution is 2.19. The van der Waals surface area contributed by atoms with Gasteiger partial charge in [0.15, 0.2) is 17.5 Å². The number of rotatable bonds is 6. The first-order valence-corrected chi connectivity index (χ1v) is 6.59. The van der Waals surface area contributed by atoms with Crippen LogP contribution in [0.15, 0.2) is 17.0 Å². The Morgan fingerprint density at radius 1 is 1.21 bits per heavy atom. The molecule has 9 heteroatoms. The summed E-state index contributed by atoms with van der Waals surface area (Å²) in [6, 6.07) is 1.08. The van der Waals surface area contributed by atoms with Crippen LogP contribution in [0.25, 0.3) is 0 Å². The molecule has 0 aromatic heterocycles. The van der Waals surface area contributed by atoms with Crippen LogP contribution >= 0.6 is 0 Å². The van der Waals surface area contributed by atoms with Gasteiger partial charge in [-0.15, -0.1) is 0 Å². The van der Waals surface area contributed by atoms with E-state index in [1.807, 2.05) is 4.72 Å². The Balaban J connectivity index is 2.84. The SMILES string of the molecule is O=C(O)CCCNS(=O)(=O)c1ccc(F)c(F)c1F. The van der Waals surface area contributed by atoms with Crippen molar-refractivity contribution in [3.63, 3.8) is 0 Å². The molecule has 0 unspecified atom stereocenters. The molecule has 0 spiro atoms. The van der Waals surface area contributed by atoms with Gasteiger partial charge in [-0.05, 0) is 18.6 Å². The van der Waals surface area contributed by atoms with Gasteiger partial charge < -0.3 is 5.11 Å². The lowest BCUT2D eigenvalue weighted by atomic mass is 10.3. The van der Waals surface area contributed by atoms with Crippen molar-refractivity contribution >= 4 is 16.0 Å². The maximum atomic E-state index is 13.3. The maximum absolute atomic E-state index is 13.3. The molecule has 19 heavy (non-hydrogen) atoms. The minimum atomic E-state index is -4.35. The van der Waals surface area contributed by atoms with E-state index in [0.29, 0.717) is 12.1 Å². The molecule has 1 aromatic rings. The number of hydrogen-bond acceptors (Lipinski definition) is 3. The predicted octanol–water partition coefficient (Wildman–Crippen LogP) is 1.25. The van der Waals surface area contributed by atoms with E-state index in [1.165, 1.54) is 0 Å². The van der Waals surface area contributed by atoms with Crippen molar-refractivity contribution in [1.29, 1.82) is 0 Å². The van der Waals surface area contributed by atoms with Crippen molar-refractivity contribution in [2.45, 2.75) is 17.7 Å². The van der Waals surface area contributed by atoms with Gasteiger partial charge in [-0.1, -0.05) is 0 Å². The lowest BCUT2D eigenvalue weighted by Gasteiger charge is -2.07. The third-order valence-electron chi connectivity index (χ3n) is 2.15. The second-order valence-electron chi connectivity index (χ2n) is 3.57. The smallest absolute Gasteiger partial charge is 0.303 e. The number of carboxylic acids is 1. The number of carbonyl (C=O) groups is 1. The van der Waals surface area contributed by atoms with Gasteiger partial charge in [-0.25, -0.2) is 26.3 Å². The molecular weight excluding hydrogens is 287 g/mol. The Labute approximate surface area is 107 Å². The van der Waals surface area contributed by atoms with Crippen LogP contribution in [-0.2, 0) is 14.8 Å². The van der Waals surface area contributed by atoms with Crippen LogP contribution in [0.5, 0.6) is 0 Å². The Bertz CT molecular complexity index is 589. The second kappa shape index (κ2) is 6.02. The summed E-state index contributed by atoms with van der Waals surface area (Å²) >= 11 is 0. The first-order chi connectivity index (χ1) is 8.75. The largest absolute Gasteiger partial charge is 0.481 e. The second-order valence-corrected chi connectivity index (χ2v) is 5.30. The molecular formula is C10H10F3NO4S. The summed E-state index contributed by atoms with van der Waals surface area (Å²) in [4.78, 5) is 9.18. The summed E-state index contributed by atoms with van der Waals surface area (Å²) in [5, 5.41) is 8.34. The molecule has 0 heterocycles. The highest BCUT2D eigenvalue weighted by atomic mass is 32.2. The van der Waals surface area contributed by atoms with Crippen LogP contribution < -0.4 is 4.72 Å². The summed E-state index contributed by atoms with van der Waals surface area (Å²) in [5.74, 6) is -6.31. The average Bonchev–Trinajstić information content (AvgIpc) is 2.31. The number of hydrogen-bond donors (Lipinski definition) is 2. The molecule has 0 amide bonds. The lowest BCUT2D eigenvalue weighted by Crippen LogP contribution is -2.26. The van der Waals surface area contributed by atoms with Crippen LogP contribution in [0.4, 0.5) is 13.2 Å². The fourth-order valence-electron chi connectivity index (χ4n) is 1.24. The maximum Gasteiger partial charge on any atom is 0.303 e. The minimum Gasteiger partial charge on any atom is -0.481 e. The average molecular weight is 297 g/mol. The molecule has 0 saturated carbocycles. The third kappa shape index (κ3) is 3.93. The molecule has 0 aliphatic heterocycles. The number of benzene rings is 1. The molecule has 0 aliphatic rings. The fourth-order valence-corrected chi connectivity index (χ4v) is 2.38. The summed E-state index contributed by atoms with van der Waals surface area (Å²) in [6.45, 7) is -0.257. The number of carboxylic acid groups (broad SMARTS) is 1. The number of aliphatic carboxylic acids is 1. The molecule has 1 rings (SSSR count). The molecule has 1 aromatic carbocycles. The number of nitrogens with one attached hydrogen (secondary N) is 1. The molecule has 0 bridgehead atoms. The predicted molar refractivity (Wildman–Crippen MR) is 58.4 cm³/mol. The highest BCUT2D eigenvalue weighted by molar-refractivity contribution is 7.89. The molecule has 0 saturated heterocycles. The van der Waals surface area contributed by atoms with Crippen LogP contribution in [-0.4, -0.2) is 26.0 Å². The van der Waals surface area contributed by atoms with Gasteiger partial charge in [-0.2, -0.15) is 0 Å². The van der Waals surface area contributed by atoms with Crippen LogP contribution in [0.2, 0.25) is 0 Å². The topological polar surface area (TPSA) is 83.5 Å². The van der Waals surface area contributed by atoms with Gasteiger partial charge in [0.25, 0.3) is 0 Å². The zero-order chi connectivity index (χ0) is 14.6. The summed E-state index contributed by atoms with van der Waals surface area (Å²) in [7, 11) is -4.35. The van der Waals surface area contributed by atoms with Crippen LogP contribution in [0.3, 0.4) is 0 Å². The number of halogens is 3. The zero-order valence-corrected chi connectivity index (χ0v) is 10.3. The van der Waals surface area contributed by atoms with Crippen molar-refractivity contribution in [2.75, 3.05) is 6.54 Å². The van der Waals surface area contributed by atoms with Crippen molar-refractivity contribution < 1.29 is 31.5 Å². The molecule has 0 fully saturated rings. The highest BCUT2D eigenvalue weighted by Gasteiger charge is 2.23. The van der Waals surface area contributed by atoms with Gasteiger partial charge in [-0.3, -0.25) is 4.79 Å². The zero-order valence-electron chi connectivity index (χ0n) is 9.49. The summed E-state index contributed by atoms with van der Waals surface area (Å²) in [6.07, 6.45) is -0.289. The first kappa shape index (κ1) is 15.4. The Morgan fingerprint density at radius 3 is 2.42 bits per heavy atom. The standard InChI is InChI=1S/C10H10F3NO4S/c11-6-3-4-7(10(13)9(6)12)19(17,18)14-5-1-2-8(15)16/h3-4,14H,1-2,5H2,(H,15,16). The Hall–Kier alpha value is -1.61. The van der Waals surface area contributed by atoms with Gasteiger partial charge in [0.1, 0.15) is 4.90 Å². The van der Waals surface area contributed by atoms with E-state index in [1.54, 1.807) is 0 Å². The van der Waals surface area contributed by atoms with E-state index in [2.05, 4.69) is 0 Å². The van der Waals surface area contributed by atoms with E-state index in [0.717, 1.165) is 0 Å². The fraction of sp³-hybridized carbons (Fsp3) is 0.300. The molecule has 5 nitrogen and oxygen atoms in total. The van der Waals surface area contributed by atoms with E-state index < -0.39 is 38.3 Å². The van der Waals surface area contributed by atoms with Gasteiger partial charge in [0.05, 0.1) is 0 Å². The van der Waals surface area contributed by atoms with E-state index >= 15 is 0 Å². The van der Waals surface area contributed by atoms with Crippen LogP contribution in [0.1, 0.15) is 12.8 Å². The molecule has 2 N–H and O–H groups in total. The lowest BCUT2D eigenvalue weighted by molar-refractivity contribution is -0.137. The van der Waals surface area contributed by atoms with Crippen molar-refractivity contribution in [3.05, 3.63) is 29.6 Å². The Kier molecular flexibility index (Phi) is 4.90. The van der Waals surface area contributed by atoms with Gasteiger partial charge >= 0.3 is 5.97 Å². The van der Waals surface area contributed by atoms with Crippen molar-refractivity contribution in [3.8, 4) is 0 Å². The van der Waals surface area contributed by atoms with Crippen LogP contribution in [0, 0.1) is 17.5 Å². The van der Waals surface area contributed by atoms with E-state index in [4.69, 9.17) is 5.11 Å². The quantitative estimate of drug-likeness (QED) is 0.611. The van der Waals surface area contributed by atoms with Crippen molar-refractivity contribution in [1.82, 2.24) is 4.72 Å². The van der Waals surface area contributed by atoms with E-state index in [-0.39, 0.29) is 19.4 Å².